The fraction of sp³-hybridized carbons (Fsp3) is 0.286. The Morgan fingerprint density at radius 1 is 1.32 bits per heavy atom. The fourth-order valence-electron chi connectivity index (χ4n) is 1.81. The van der Waals surface area contributed by atoms with Crippen molar-refractivity contribution in [3.05, 3.63) is 30.0 Å². The van der Waals surface area contributed by atoms with E-state index in [4.69, 9.17) is 9.47 Å². The van der Waals surface area contributed by atoms with Crippen molar-refractivity contribution in [3.63, 3.8) is 0 Å². The van der Waals surface area contributed by atoms with E-state index in [1.807, 2.05) is 6.92 Å². The maximum atomic E-state index is 11.7. The number of carbonyl (C=O) groups excluding carboxylic acids is 1. The van der Waals surface area contributed by atoms with Gasteiger partial charge in [0.05, 0.1) is 13.2 Å². The molecule has 0 saturated heterocycles. The van der Waals surface area contributed by atoms with Crippen molar-refractivity contribution >= 4 is 16.9 Å². The molecule has 1 aromatic heterocycles. The summed E-state index contributed by atoms with van der Waals surface area (Å²) in [7, 11) is 0. The molecule has 2 aromatic rings. The molecule has 5 heteroatoms. The van der Waals surface area contributed by atoms with E-state index in [-0.39, 0.29) is 17.9 Å². The van der Waals surface area contributed by atoms with Crippen LogP contribution in [0.25, 0.3) is 10.9 Å². The highest BCUT2D eigenvalue weighted by Gasteiger charge is 2.17. The second kappa shape index (κ2) is 5.56. The monoisotopic (exact) mass is 261 g/mol. The Balaban J connectivity index is 2.56. The Kier molecular flexibility index (Phi) is 3.85. The molecule has 0 fully saturated rings. The molecule has 1 N–H and O–H groups in total. The number of hydrogen-bond acceptors (Lipinski definition) is 5. The van der Waals surface area contributed by atoms with Crippen LogP contribution < -0.4 is 4.74 Å². The van der Waals surface area contributed by atoms with Gasteiger partial charge in [-0.15, -0.1) is 0 Å². The van der Waals surface area contributed by atoms with Gasteiger partial charge in [0.1, 0.15) is 22.6 Å². The lowest BCUT2D eigenvalue weighted by Gasteiger charge is -2.10. The number of ether oxygens (including phenoxy) is 2. The fourth-order valence-corrected chi connectivity index (χ4v) is 1.81. The van der Waals surface area contributed by atoms with Crippen LogP contribution in [0.1, 0.15) is 24.2 Å². The maximum Gasteiger partial charge on any atom is 0.343 e. The summed E-state index contributed by atoms with van der Waals surface area (Å²) in [6, 6.07) is 5.19. The van der Waals surface area contributed by atoms with Crippen LogP contribution in [0.4, 0.5) is 0 Å². The van der Waals surface area contributed by atoms with Crippen molar-refractivity contribution in [2.24, 2.45) is 0 Å². The van der Waals surface area contributed by atoms with E-state index >= 15 is 0 Å². The van der Waals surface area contributed by atoms with Crippen molar-refractivity contribution in [2.75, 3.05) is 13.2 Å². The molecule has 0 atom stereocenters. The van der Waals surface area contributed by atoms with Gasteiger partial charge < -0.3 is 14.6 Å². The Morgan fingerprint density at radius 3 is 2.79 bits per heavy atom. The van der Waals surface area contributed by atoms with Gasteiger partial charge in [-0.05, 0) is 26.0 Å². The number of aromatic hydroxyl groups is 1. The summed E-state index contributed by atoms with van der Waals surface area (Å²) in [6.45, 7) is 4.32. The first-order chi connectivity index (χ1) is 9.19. The molecule has 0 spiro atoms. The summed E-state index contributed by atoms with van der Waals surface area (Å²) in [6.07, 6.45) is 1.30. The molecule has 1 aromatic carbocycles. The van der Waals surface area contributed by atoms with Crippen LogP contribution in [0.3, 0.4) is 0 Å². The molecular weight excluding hydrogens is 246 g/mol. The zero-order valence-electron chi connectivity index (χ0n) is 10.8. The summed E-state index contributed by atoms with van der Waals surface area (Å²) in [5.74, 6) is -0.146. The molecular formula is C14H15NO4. The number of fused-ring (bicyclic) bond motifs is 1. The Labute approximate surface area is 110 Å². The molecule has 0 bridgehead atoms. The number of benzene rings is 1. The van der Waals surface area contributed by atoms with Gasteiger partial charge in [-0.3, -0.25) is 4.98 Å². The Hall–Kier alpha value is -2.30. The largest absolute Gasteiger partial charge is 0.506 e. The van der Waals surface area contributed by atoms with E-state index in [2.05, 4.69) is 4.98 Å². The summed E-state index contributed by atoms with van der Waals surface area (Å²) < 4.78 is 10.3. The molecule has 19 heavy (non-hydrogen) atoms. The first kappa shape index (κ1) is 13.1. The molecule has 1 heterocycles. The smallest absolute Gasteiger partial charge is 0.343 e. The van der Waals surface area contributed by atoms with E-state index in [1.54, 1.807) is 25.1 Å². The van der Waals surface area contributed by atoms with Crippen LogP contribution in [0, 0.1) is 0 Å². The number of nitrogens with zero attached hydrogens (tertiary/aromatic N) is 1. The maximum absolute atomic E-state index is 11.7. The lowest BCUT2D eigenvalue weighted by molar-refractivity contribution is 0.0523. The molecule has 0 aliphatic carbocycles. The number of aromatic nitrogens is 1. The van der Waals surface area contributed by atoms with Gasteiger partial charge in [-0.1, -0.05) is 6.07 Å². The third-order valence-electron chi connectivity index (χ3n) is 2.63. The molecule has 2 rings (SSSR count). The van der Waals surface area contributed by atoms with Crippen LogP contribution in [0.5, 0.6) is 11.5 Å². The number of esters is 1. The van der Waals surface area contributed by atoms with Crippen molar-refractivity contribution < 1.29 is 19.4 Å². The average molecular weight is 261 g/mol. The zero-order valence-corrected chi connectivity index (χ0v) is 10.8. The van der Waals surface area contributed by atoms with Crippen molar-refractivity contribution in [1.82, 2.24) is 4.98 Å². The lowest BCUT2D eigenvalue weighted by Crippen LogP contribution is -2.06. The summed E-state index contributed by atoms with van der Waals surface area (Å²) in [5, 5.41) is 10.6. The minimum absolute atomic E-state index is 0.0583. The number of carbonyl (C=O) groups is 1. The summed E-state index contributed by atoms with van der Waals surface area (Å²) in [4.78, 5) is 15.8. The Morgan fingerprint density at radius 2 is 2.11 bits per heavy atom. The normalized spacial score (nSPS) is 10.4. The van der Waals surface area contributed by atoms with Gasteiger partial charge >= 0.3 is 5.97 Å². The molecule has 0 radical (unpaired) electrons. The van der Waals surface area contributed by atoms with Crippen LogP contribution in [-0.4, -0.2) is 29.3 Å². The molecule has 0 amide bonds. The van der Waals surface area contributed by atoms with E-state index < -0.39 is 5.97 Å². The highest BCUT2D eigenvalue weighted by molar-refractivity contribution is 6.00. The summed E-state index contributed by atoms with van der Waals surface area (Å²) in [5.41, 5.74) is 0.581. The molecule has 0 saturated carbocycles. The van der Waals surface area contributed by atoms with Gasteiger partial charge in [0, 0.05) is 11.6 Å². The topological polar surface area (TPSA) is 68.7 Å². The standard InChI is InChI=1S/C14H15NO4/c1-3-18-11-7-5-6-9-12(11)15-8-10(13(9)16)14(17)19-4-2/h5-8H,3-4H2,1-2H3,(H,15,16). The van der Waals surface area contributed by atoms with E-state index in [0.29, 0.717) is 23.3 Å². The van der Waals surface area contributed by atoms with Gasteiger partial charge in [-0.2, -0.15) is 0 Å². The average Bonchev–Trinajstić information content (AvgIpc) is 2.40. The van der Waals surface area contributed by atoms with Gasteiger partial charge in [0.2, 0.25) is 0 Å². The molecule has 0 aliphatic heterocycles. The van der Waals surface area contributed by atoms with Crippen LogP contribution in [-0.2, 0) is 4.74 Å². The van der Waals surface area contributed by atoms with Gasteiger partial charge in [-0.25, -0.2) is 4.79 Å². The molecule has 100 valence electrons. The summed E-state index contributed by atoms with van der Waals surface area (Å²) >= 11 is 0. The highest BCUT2D eigenvalue weighted by Crippen LogP contribution is 2.32. The number of hydrogen-bond donors (Lipinski definition) is 1. The second-order valence-electron chi connectivity index (χ2n) is 3.83. The minimum atomic E-state index is -0.587. The van der Waals surface area contributed by atoms with Crippen molar-refractivity contribution in [1.29, 1.82) is 0 Å². The lowest BCUT2D eigenvalue weighted by atomic mass is 10.1. The van der Waals surface area contributed by atoms with E-state index in [9.17, 15) is 9.90 Å². The zero-order chi connectivity index (χ0) is 13.8. The minimum Gasteiger partial charge on any atom is -0.506 e. The number of rotatable bonds is 4. The van der Waals surface area contributed by atoms with E-state index in [0.717, 1.165) is 0 Å². The predicted octanol–water partition coefficient (Wildman–Crippen LogP) is 2.52. The van der Waals surface area contributed by atoms with Crippen molar-refractivity contribution in [2.45, 2.75) is 13.8 Å². The molecule has 0 unspecified atom stereocenters. The first-order valence-corrected chi connectivity index (χ1v) is 6.09. The van der Waals surface area contributed by atoms with Gasteiger partial charge in [0.15, 0.2) is 0 Å². The van der Waals surface area contributed by atoms with Crippen molar-refractivity contribution in [3.8, 4) is 11.5 Å². The quantitative estimate of drug-likeness (QED) is 0.856. The van der Waals surface area contributed by atoms with Crippen LogP contribution in [0.15, 0.2) is 24.4 Å². The third-order valence-corrected chi connectivity index (χ3v) is 2.63. The van der Waals surface area contributed by atoms with Gasteiger partial charge in [0.25, 0.3) is 0 Å². The molecule has 0 aliphatic rings. The SMILES string of the molecule is CCOC(=O)c1cnc2c(OCC)cccc2c1O. The van der Waals surface area contributed by atoms with E-state index in [1.165, 1.54) is 6.20 Å². The highest BCUT2D eigenvalue weighted by atomic mass is 16.5. The predicted molar refractivity (Wildman–Crippen MR) is 70.5 cm³/mol. The Bertz CT molecular complexity index is 610. The third kappa shape index (κ3) is 2.45. The number of pyridine rings is 1. The first-order valence-electron chi connectivity index (χ1n) is 6.09. The van der Waals surface area contributed by atoms with Crippen LogP contribution in [0.2, 0.25) is 0 Å². The molecule has 5 nitrogen and oxygen atoms in total. The number of para-hydroxylation sites is 1. The van der Waals surface area contributed by atoms with Crippen LogP contribution >= 0.6 is 0 Å². The second-order valence-corrected chi connectivity index (χ2v) is 3.83.